The molecule has 1 radical (unpaired) electrons. The summed E-state index contributed by atoms with van der Waals surface area (Å²) in [6.45, 7) is 6.70. The van der Waals surface area contributed by atoms with Crippen molar-refractivity contribution in [3.8, 4) is 0 Å². The third-order valence-corrected chi connectivity index (χ3v) is 7.21. The minimum Gasteiger partial charge on any atom is -0.200 e. The Kier molecular flexibility index (Phi) is 6.48. The van der Waals surface area contributed by atoms with Crippen molar-refractivity contribution in [2.75, 3.05) is 0 Å². The maximum atomic E-state index is 13.4. The van der Waals surface area contributed by atoms with Crippen LogP contribution in [0.25, 0.3) is 0 Å². The largest absolute Gasteiger partial charge is 0.460 e. The molecular formula is C12H18F9Si. The van der Waals surface area contributed by atoms with Gasteiger partial charge >= 0.3 is 23.9 Å². The van der Waals surface area contributed by atoms with Gasteiger partial charge < -0.3 is 0 Å². The van der Waals surface area contributed by atoms with Crippen molar-refractivity contribution in [3.05, 3.63) is 0 Å². The topological polar surface area (TPSA) is 0 Å². The van der Waals surface area contributed by atoms with Gasteiger partial charge in [0.25, 0.3) is 0 Å². The van der Waals surface area contributed by atoms with Crippen molar-refractivity contribution < 1.29 is 39.5 Å². The second-order valence-electron chi connectivity index (χ2n) is 5.74. The van der Waals surface area contributed by atoms with Crippen LogP contribution in [0.4, 0.5) is 39.5 Å². The van der Waals surface area contributed by atoms with Gasteiger partial charge in [-0.1, -0.05) is 44.8 Å². The molecule has 0 heterocycles. The Bertz CT molecular complexity index is 352. The molecule has 133 valence electrons. The van der Waals surface area contributed by atoms with Gasteiger partial charge in [-0.15, -0.1) is 0 Å². The molecule has 0 aromatic rings. The highest BCUT2D eigenvalue weighted by Crippen LogP contribution is 2.54. The zero-order chi connectivity index (χ0) is 18.1. The second-order valence-corrected chi connectivity index (χ2v) is 9.69. The minimum atomic E-state index is -6.79. The zero-order valence-electron chi connectivity index (χ0n) is 12.5. The molecule has 0 aliphatic carbocycles. The van der Waals surface area contributed by atoms with Gasteiger partial charge in [0, 0.05) is 6.42 Å². The van der Waals surface area contributed by atoms with Crippen molar-refractivity contribution in [1.82, 2.24) is 0 Å². The van der Waals surface area contributed by atoms with Crippen molar-refractivity contribution in [2.45, 2.75) is 75.2 Å². The Labute approximate surface area is 124 Å². The molecule has 0 rings (SSSR count). The smallest absolute Gasteiger partial charge is 0.200 e. The molecule has 0 saturated heterocycles. The molecular weight excluding hydrogens is 343 g/mol. The normalized spacial score (nSPS) is 15.3. The average Bonchev–Trinajstić information content (AvgIpc) is 2.25. The SMILES string of the molecule is CC(C)[Si](CCC(F)(F)C(F)(F)C(F)(F)C(F)(F)F)C(C)C. The maximum Gasteiger partial charge on any atom is 0.460 e. The highest BCUT2D eigenvalue weighted by molar-refractivity contribution is 6.61. The quantitative estimate of drug-likeness (QED) is 0.376. The molecule has 0 atom stereocenters. The van der Waals surface area contributed by atoms with E-state index in [1.807, 2.05) is 0 Å². The van der Waals surface area contributed by atoms with E-state index in [1.54, 1.807) is 27.7 Å². The van der Waals surface area contributed by atoms with Crippen LogP contribution < -0.4 is 0 Å². The van der Waals surface area contributed by atoms with E-state index in [0.29, 0.717) is 0 Å². The number of rotatable bonds is 7. The van der Waals surface area contributed by atoms with Crippen LogP contribution in [0, 0.1) is 0 Å². The van der Waals surface area contributed by atoms with Gasteiger partial charge in [-0.25, -0.2) is 0 Å². The molecule has 0 saturated carbocycles. The van der Waals surface area contributed by atoms with Crippen molar-refractivity contribution in [1.29, 1.82) is 0 Å². The summed E-state index contributed by atoms with van der Waals surface area (Å²) in [5.74, 6) is -18.7. The second kappa shape index (κ2) is 6.60. The van der Waals surface area contributed by atoms with Gasteiger partial charge in [0.15, 0.2) is 0 Å². The minimum absolute atomic E-state index is 0.0995. The lowest BCUT2D eigenvalue weighted by atomic mass is 10.0. The first-order chi connectivity index (χ1) is 9.49. The standard InChI is InChI=1S/C12H18F9Si/c1-7(2)22(8(3)4)6-5-9(13,14)10(15,16)11(17,18)12(19,20)21/h7-8H,5-6H2,1-4H3. The first kappa shape index (κ1) is 21.6. The van der Waals surface area contributed by atoms with Crippen LogP contribution in [0.3, 0.4) is 0 Å². The zero-order valence-corrected chi connectivity index (χ0v) is 13.5. The predicted molar refractivity (Wildman–Crippen MR) is 66.3 cm³/mol. The van der Waals surface area contributed by atoms with Crippen LogP contribution in [0.1, 0.15) is 34.1 Å². The van der Waals surface area contributed by atoms with Crippen LogP contribution in [0.15, 0.2) is 0 Å². The summed E-state index contributed by atoms with van der Waals surface area (Å²) in [5.41, 5.74) is -0.199. The molecule has 0 aliphatic rings. The van der Waals surface area contributed by atoms with Crippen LogP contribution in [0.5, 0.6) is 0 Å². The molecule has 0 bridgehead atoms. The maximum absolute atomic E-state index is 13.4. The van der Waals surface area contributed by atoms with E-state index < -0.39 is 45.2 Å². The van der Waals surface area contributed by atoms with Gasteiger partial charge in [0.2, 0.25) is 0 Å². The lowest BCUT2D eigenvalue weighted by molar-refractivity contribution is -0.396. The van der Waals surface area contributed by atoms with Crippen molar-refractivity contribution >= 4 is 8.80 Å². The van der Waals surface area contributed by atoms with Gasteiger partial charge in [0.1, 0.15) is 0 Å². The highest BCUT2D eigenvalue weighted by Gasteiger charge is 2.81. The van der Waals surface area contributed by atoms with E-state index in [1.165, 1.54) is 0 Å². The van der Waals surface area contributed by atoms with Crippen LogP contribution in [-0.4, -0.2) is 32.7 Å². The molecule has 0 spiro atoms. The lowest BCUT2D eigenvalue weighted by Crippen LogP contribution is -2.60. The monoisotopic (exact) mass is 361 g/mol. The fourth-order valence-corrected chi connectivity index (χ4v) is 5.20. The third kappa shape index (κ3) is 4.11. The Balaban J connectivity index is 5.30. The number of halogens is 9. The summed E-state index contributed by atoms with van der Waals surface area (Å²) in [6, 6.07) is -0.476. The lowest BCUT2D eigenvalue weighted by Gasteiger charge is -2.34. The third-order valence-electron chi connectivity index (χ3n) is 3.42. The summed E-state index contributed by atoms with van der Waals surface area (Å²) in [6.07, 6.45) is -8.44. The molecule has 0 fully saturated rings. The van der Waals surface area contributed by atoms with Crippen molar-refractivity contribution in [3.63, 3.8) is 0 Å². The van der Waals surface area contributed by atoms with E-state index in [0.717, 1.165) is 0 Å². The summed E-state index contributed by atoms with van der Waals surface area (Å²) >= 11 is 0. The van der Waals surface area contributed by atoms with E-state index >= 15 is 0 Å². The Morgan fingerprint density at radius 2 is 1.05 bits per heavy atom. The molecule has 0 nitrogen and oxygen atoms in total. The molecule has 0 aromatic carbocycles. The van der Waals surface area contributed by atoms with Gasteiger partial charge in [0.05, 0.1) is 8.80 Å². The summed E-state index contributed by atoms with van der Waals surface area (Å²) in [7, 11) is -1.59. The van der Waals surface area contributed by atoms with Crippen LogP contribution >= 0.6 is 0 Å². The summed E-state index contributed by atoms with van der Waals surface area (Å²) < 4.78 is 114. The first-order valence-corrected chi connectivity index (χ1v) is 8.41. The fraction of sp³-hybridized carbons (Fsp3) is 1.00. The molecule has 0 unspecified atom stereocenters. The van der Waals surface area contributed by atoms with Crippen LogP contribution in [0.2, 0.25) is 17.1 Å². The summed E-state index contributed by atoms with van der Waals surface area (Å²) in [5, 5.41) is 0. The van der Waals surface area contributed by atoms with E-state index in [-0.39, 0.29) is 11.1 Å². The first-order valence-electron chi connectivity index (χ1n) is 6.54. The average molecular weight is 361 g/mol. The molecule has 0 amide bonds. The van der Waals surface area contributed by atoms with Crippen LogP contribution in [-0.2, 0) is 0 Å². The predicted octanol–water partition coefficient (Wildman–Crippen LogP) is 6.16. The Morgan fingerprint density at radius 3 is 1.32 bits per heavy atom. The number of hydrogen-bond acceptors (Lipinski definition) is 0. The van der Waals surface area contributed by atoms with Crippen molar-refractivity contribution in [2.24, 2.45) is 0 Å². The Morgan fingerprint density at radius 1 is 0.682 bits per heavy atom. The van der Waals surface area contributed by atoms with E-state index in [2.05, 4.69) is 0 Å². The highest BCUT2D eigenvalue weighted by atomic mass is 28.3. The molecule has 0 aliphatic heterocycles. The molecule has 0 aromatic heterocycles. The fourth-order valence-electron chi connectivity index (χ4n) is 2.11. The summed E-state index contributed by atoms with van der Waals surface area (Å²) in [4.78, 5) is 0. The van der Waals surface area contributed by atoms with E-state index in [4.69, 9.17) is 0 Å². The molecule has 22 heavy (non-hydrogen) atoms. The molecule has 10 heteroatoms. The Hall–Kier alpha value is -0.413. The molecule has 0 N–H and O–H groups in total. The van der Waals surface area contributed by atoms with Gasteiger partial charge in [-0.2, -0.15) is 39.5 Å². The number of hydrogen-bond donors (Lipinski definition) is 0. The van der Waals surface area contributed by atoms with E-state index in [9.17, 15) is 39.5 Å². The van der Waals surface area contributed by atoms with Gasteiger partial charge in [-0.05, 0) is 0 Å². The van der Waals surface area contributed by atoms with Gasteiger partial charge in [-0.3, -0.25) is 0 Å². The number of alkyl halides is 9.